The van der Waals surface area contributed by atoms with Gasteiger partial charge >= 0.3 is 6.09 Å². The first-order chi connectivity index (χ1) is 15.7. The van der Waals surface area contributed by atoms with Crippen molar-refractivity contribution in [3.63, 3.8) is 0 Å². The zero-order valence-corrected chi connectivity index (χ0v) is 22.0. The molecule has 34 heavy (non-hydrogen) atoms. The minimum atomic E-state index is -0.978. The van der Waals surface area contributed by atoms with Gasteiger partial charge in [0.05, 0.1) is 0 Å². The van der Waals surface area contributed by atoms with Gasteiger partial charge < -0.3 is 20.3 Å². The Bertz CT molecular complexity index is 958. The summed E-state index contributed by atoms with van der Waals surface area (Å²) in [5.74, 6) is 2.14. The molecule has 1 aromatic rings. The van der Waals surface area contributed by atoms with E-state index in [2.05, 4.69) is 29.2 Å². The van der Waals surface area contributed by atoms with Crippen LogP contribution >= 0.6 is 12.6 Å². The summed E-state index contributed by atoms with van der Waals surface area (Å²) in [5, 5.41) is 5.62. The normalized spacial score (nSPS) is 19.3. The van der Waals surface area contributed by atoms with E-state index in [1.165, 1.54) is 0 Å². The van der Waals surface area contributed by atoms with E-state index in [4.69, 9.17) is 11.2 Å². The number of nitrogens with zero attached hydrogens (tertiary/aromatic N) is 1. The number of hydrogen-bond acceptors (Lipinski definition) is 5. The molecule has 2 N–H and O–H groups in total. The Kier molecular flexibility index (Phi) is 8.70. The van der Waals surface area contributed by atoms with Crippen LogP contribution in [0, 0.1) is 18.3 Å². The van der Waals surface area contributed by atoms with Crippen LogP contribution in [-0.2, 0) is 14.3 Å². The van der Waals surface area contributed by atoms with E-state index in [0.29, 0.717) is 11.1 Å². The second kappa shape index (κ2) is 10.7. The van der Waals surface area contributed by atoms with Crippen LogP contribution in [0.25, 0.3) is 0 Å². The van der Waals surface area contributed by atoms with E-state index < -0.39 is 35.2 Å². The van der Waals surface area contributed by atoms with Crippen molar-refractivity contribution in [1.82, 2.24) is 15.5 Å². The third-order valence-corrected chi connectivity index (χ3v) is 5.65. The van der Waals surface area contributed by atoms with Crippen LogP contribution in [0.4, 0.5) is 4.79 Å². The second-order valence-corrected chi connectivity index (χ2v) is 11.1. The second-order valence-electron chi connectivity index (χ2n) is 10.8. The van der Waals surface area contributed by atoms with E-state index in [1.54, 1.807) is 49.9 Å². The van der Waals surface area contributed by atoms with Crippen LogP contribution in [0.2, 0.25) is 0 Å². The number of thiol groups is 1. The summed E-state index contributed by atoms with van der Waals surface area (Å²) < 4.78 is 5.33. The predicted octanol–water partition coefficient (Wildman–Crippen LogP) is 3.68. The van der Waals surface area contributed by atoms with Gasteiger partial charge in [0.25, 0.3) is 0 Å². The maximum Gasteiger partial charge on any atom is 0.408 e. The van der Waals surface area contributed by atoms with Gasteiger partial charge in [0.2, 0.25) is 11.8 Å². The standard InChI is InChI=1S/C26H37N3O4S/c1-9-17-12-10-11-13-18(17)21(22(30)28-25(3,4)5)29(20-14-16(20)2)23(31)19(15-34)27-24(32)33-26(6,7)8/h1,10-13,16,19-21,34H,14-15H2,2-8H3,(H,27,32)(H,28,30). The molecule has 0 aromatic heterocycles. The SMILES string of the molecule is C#Cc1ccccc1C(C(=O)NC(C)(C)C)N(C(=O)C(CS)NC(=O)OC(C)(C)C)C1CC1C. The number of terminal acetylenes is 1. The van der Waals surface area contributed by atoms with Gasteiger partial charge in [-0.2, -0.15) is 12.6 Å². The summed E-state index contributed by atoms with van der Waals surface area (Å²) in [7, 11) is 0. The van der Waals surface area contributed by atoms with Gasteiger partial charge in [-0.3, -0.25) is 9.59 Å². The summed E-state index contributed by atoms with van der Waals surface area (Å²) in [6, 6.07) is 5.00. The Balaban J connectivity index is 2.51. The molecule has 4 unspecified atom stereocenters. The first kappa shape index (κ1) is 27.6. The molecule has 186 valence electrons. The number of hydrogen-bond donors (Lipinski definition) is 3. The molecule has 1 aliphatic carbocycles. The number of alkyl carbamates (subject to hydrolysis) is 1. The monoisotopic (exact) mass is 487 g/mol. The summed E-state index contributed by atoms with van der Waals surface area (Å²) in [6.07, 6.45) is 5.78. The number of amides is 3. The lowest BCUT2D eigenvalue weighted by molar-refractivity contribution is -0.143. The number of benzene rings is 1. The van der Waals surface area contributed by atoms with Gasteiger partial charge in [0.15, 0.2) is 0 Å². The molecule has 3 amide bonds. The van der Waals surface area contributed by atoms with Crippen LogP contribution < -0.4 is 10.6 Å². The van der Waals surface area contributed by atoms with Crippen LogP contribution in [0.5, 0.6) is 0 Å². The maximum absolute atomic E-state index is 13.9. The molecule has 1 aromatic carbocycles. The molecule has 1 fully saturated rings. The van der Waals surface area contributed by atoms with Crippen molar-refractivity contribution >= 4 is 30.5 Å². The van der Waals surface area contributed by atoms with Gasteiger partial charge in [-0.15, -0.1) is 6.42 Å². The average molecular weight is 488 g/mol. The minimum absolute atomic E-state index is 0.0417. The predicted molar refractivity (Wildman–Crippen MR) is 136 cm³/mol. The summed E-state index contributed by atoms with van der Waals surface area (Å²) in [5.41, 5.74) is -0.151. The van der Waals surface area contributed by atoms with Crippen LogP contribution in [-0.4, -0.2) is 51.8 Å². The summed E-state index contributed by atoms with van der Waals surface area (Å²) in [6.45, 7) is 12.9. The van der Waals surface area contributed by atoms with E-state index >= 15 is 0 Å². The lowest BCUT2D eigenvalue weighted by Crippen LogP contribution is -2.56. The zero-order chi connectivity index (χ0) is 25.8. The Hall–Kier alpha value is -2.66. The minimum Gasteiger partial charge on any atom is -0.444 e. The quantitative estimate of drug-likeness (QED) is 0.404. The smallest absolute Gasteiger partial charge is 0.408 e. The molecular weight excluding hydrogens is 450 g/mol. The number of rotatable bonds is 7. The van der Waals surface area contributed by atoms with E-state index in [9.17, 15) is 14.4 Å². The Morgan fingerprint density at radius 2 is 1.79 bits per heavy atom. The highest BCUT2D eigenvalue weighted by atomic mass is 32.1. The molecule has 2 rings (SSSR count). The van der Waals surface area contributed by atoms with Crippen LogP contribution in [0.15, 0.2) is 24.3 Å². The molecule has 0 saturated heterocycles. The molecule has 0 aliphatic heterocycles. The molecular formula is C26H37N3O4S. The molecule has 4 atom stereocenters. The molecule has 1 aliphatic rings. The van der Waals surface area contributed by atoms with Crippen LogP contribution in [0.3, 0.4) is 0 Å². The Morgan fingerprint density at radius 1 is 1.21 bits per heavy atom. The molecule has 0 bridgehead atoms. The highest BCUT2D eigenvalue weighted by Crippen LogP contribution is 2.41. The molecule has 0 spiro atoms. The Morgan fingerprint density at radius 3 is 2.26 bits per heavy atom. The Labute approximate surface area is 208 Å². The zero-order valence-electron chi connectivity index (χ0n) is 21.1. The summed E-state index contributed by atoms with van der Waals surface area (Å²) >= 11 is 4.31. The van der Waals surface area contributed by atoms with E-state index in [1.807, 2.05) is 27.7 Å². The topological polar surface area (TPSA) is 87.7 Å². The van der Waals surface area contributed by atoms with Crippen molar-refractivity contribution in [1.29, 1.82) is 0 Å². The van der Waals surface area contributed by atoms with Crippen molar-refractivity contribution in [2.24, 2.45) is 5.92 Å². The fourth-order valence-electron chi connectivity index (χ4n) is 3.71. The number of carbonyl (C=O) groups is 3. The number of nitrogens with one attached hydrogen (secondary N) is 2. The molecule has 7 nitrogen and oxygen atoms in total. The van der Waals surface area contributed by atoms with E-state index in [-0.39, 0.29) is 23.6 Å². The lowest BCUT2D eigenvalue weighted by atomic mass is 9.96. The van der Waals surface area contributed by atoms with Gasteiger partial charge in [-0.05, 0) is 65.5 Å². The van der Waals surface area contributed by atoms with Gasteiger partial charge in [-0.1, -0.05) is 31.0 Å². The average Bonchev–Trinajstić information content (AvgIpc) is 3.42. The highest BCUT2D eigenvalue weighted by molar-refractivity contribution is 7.80. The first-order valence-electron chi connectivity index (χ1n) is 11.5. The fourth-order valence-corrected chi connectivity index (χ4v) is 3.96. The number of carbonyl (C=O) groups excluding carboxylic acids is 3. The van der Waals surface area contributed by atoms with Crippen molar-refractivity contribution in [2.45, 2.75) is 84.2 Å². The molecule has 1 saturated carbocycles. The maximum atomic E-state index is 13.9. The lowest BCUT2D eigenvalue weighted by Gasteiger charge is -2.36. The van der Waals surface area contributed by atoms with Crippen molar-refractivity contribution in [3.05, 3.63) is 35.4 Å². The number of ether oxygens (including phenoxy) is 1. The fraction of sp³-hybridized carbons (Fsp3) is 0.577. The molecule has 0 radical (unpaired) electrons. The molecule has 0 heterocycles. The van der Waals surface area contributed by atoms with Gasteiger partial charge in [0.1, 0.15) is 17.7 Å². The van der Waals surface area contributed by atoms with Crippen molar-refractivity contribution in [3.8, 4) is 12.3 Å². The third kappa shape index (κ3) is 7.42. The van der Waals surface area contributed by atoms with E-state index in [0.717, 1.165) is 6.42 Å². The van der Waals surface area contributed by atoms with Gasteiger partial charge in [0, 0.05) is 22.9 Å². The molecule has 8 heteroatoms. The highest BCUT2D eigenvalue weighted by Gasteiger charge is 2.48. The van der Waals surface area contributed by atoms with Crippen molar-refractivity contribution < 1.29 is 19.1 Å². The summed E-state index contributed by atoms with van der Waals surface area (Å²) in [4.78, 5) is 41.5. The van der Waals surface area contributed by atoms with Gasteiger partial charge in [-0.25, -0.2) is 4.79 Å². The first-order valence-corrected chi connectivity index (χ1v) is 12.1. The largest absolute Gasteiger partial charge is 0.444 e. The van der Waals surface area contributed by atoms with Crippen LogP contribution in [0.1, 0.15) is 72.1 Å². The van der Waals surface area contributed by atoms with Crippen molar-refractivity contribution in [2.75, 3.05) is 5.75 Å². The third-order valence-electron chi connectivity index (χ3n) is 5.29.